The highest BCUT2D eigenvalue weighted by Gasteiger charge is 1.86. The molecule has 0 saturated heterocycles. The second-order valence-corrected chi connectivity index (χ2v) is 5.36. The fourth-order valence-corrected chi connectivity index (χ4v) is 2.61. The third-order valence-electron chi connectivity index (χ3n) is 0.798. The van der Waals surface area contributed by atoms with E-state index in [9.17, 15) is 0 Å². The fourth-order valence-electron chi connectivity index (χ4n) is 0.358. The van der Waals surface area contributed by atoms with Crippen molar-refractivity contribution in [3.8, 4) is 0 Å². The monoisotopic (exact) mass is 184 g/mol. The topological polar surface area (TPSA) is 0 Å². The molecule has 0 saturated carbocycles. The SMILES string of the molecule is C=S(C)CCSCCCl. The molecule has 0 aliphatic rings. The predicted octanol–water partition coefficient (Wildman–Crippen LogP) is 2.29. The Morgan fingerprint density at radius 2 is 2.22 bits per heavy atom. The van der Waals surface area contributed by atoms with E-state index in [-0.39, 0.29) is 0 Å². The van der Waals surface area contributed by atoms with E-state index in [0.717, 1.165) is 11.6 Å². The molecule has 0 aliphatic heterocycles. The van der Waals surface area contributed by atoms with Gasteiger partial charge in [0.25, 0.3) is 0 Å². The van der Waals surface area contributed by atoms with Crippen molar-refractivity contribution in [2.24, 2.45) is 0 Å². The Bertz CT molecular complexity index is 83.1. The van der Waals surface area contributed by atoms with Crippen molar-refractivity contribution in [1.82, 2.24) is 0 Å². The minimum atomic E-state index is 0.367. The summed E-state index contributed by atoms with van der Waals surface area (Å²) in [4.78, 5) is 0. The summed E-state index contributed by atoms with van der Waals surface area (Å²) in [5.41, 5.74) is 0. The van der Waals surface area contributed by atoms with Gasteiger partial charge in [-0.05, 0) is 12.0 Å². The summed E-state index contributed by atoms with van der Waals surface area (Å²) in [7, 11) is 0.367. The number of hydrogen-bond acceptors (Lipinski definition) is 1. The molecular formula is C6H13ClS2. The number of alkyl halides is 1. The minimum Gasteiger partial charge on any atom is -0.195 e. The van der Waals surface area contributed by atoms with Gasteiger partial charge >= 0.3 is 0 Å². The second kappa shape index (κ2) is 6.97. The Kier molecular flexibility index (Phi) is 7.64. The van der Waals surface area contributed by atoms with Crippen molar-refractivity contribution in [3.05, 3.63) is 0 Å². The van der Waals surface area contributed by atoms with Crippen LogP contribution in [0.2, 0.25) is 0 Å². The van der Waals surface area contributed by atoms with Gasteiger partial charge in [0.1, 0.15) is 0 Å². The summed E-state index contributed by atoms with van der Waals surface area (Å²) in [5.74, 6) is 8.23. The first-order valence-electron chi connectivity index (χ1n) is 2.83. The largest absolute Gasteiger partial charge is 0.195 e. The van der Waals surface area contributed by atoms with E-state index >= 15 is 0 Å². The average Bonchev–Trinajstić information content (AvgIpc) is 1.80. The van der Waals surface area contributed by atoms with E-state index in [4.69, 9.17) is 11.6 Å². The molecule has 9 heavy (non-hydrogen) atoms. The maximum Gasteiger partial charge on any atom is 0.0314 e. The average molecular weight is 185 g/mol. The molecule has 0 nitrogen and oxygen atoms in total. The van der Waals surface area contributed by atoms with Crippen LogP contribution < -0.4 is 0 Å². The lowest BCUT2D eigenvalue weighted by Gasteiger charge is -1.97. The molecule has 0 aromatic rings. The zero-order valence-corrected chi connectivity index (χ0v) is 8.12. The molecule has 1 atom stereocenters. The first kappa shape index (κ1) is 9.86. The third kappa shape index (κ3) is 8.86. The molecule has 0 aromatic heterocycles. The molecule has 0 heterocycles. The van der Waals surface area contributed by atoms with Crippen LogP contribution in [0.3, 0.4) is 0 Å². The molecule has 0 fully saturated rings. The van der Waals surface area contributed by atoms with Crippen molar-refractivity contribution in [1.29, 1.82) is 0 Å². The van der Waals surface area contributed by atoms with Gasteiger partial charge in [-0.3, -0.25) is 0 Å². The van der Waals surface area contributed by atoms with Crippen molar-refractivity contribution in [2.75, 3.05) is 29.4 Å². The maximum atomic E-state index is 5.48. The zero-order chi connectivity index (χ0) is 7.11. The highest BCUT2D eigenvalue weighted by Crippen LogP contribution is 2.07. The van der Waals surface area contributed by atoms with E-state index in [1.54, 1.807) is 0 Å². The van der Waals surface area contributed by atoms with Crippen molar-refractivity contribution in [2.45, 2.75) is 0 Å². The molecule has 0 spiro atoms. The van der Waals surface area contributed by atoms with Gasteiger partial charge in [-0.1, -0.05) is 5.87 Å². The normalized spacial score (nSPS) is 13.6. The first-order chi connectivity index (χ1) is 4.27. The van der Waals surface area contributed by atoms with E-state index in [1.807, 2.05) is 11.8 Å². The van der Waals surface area contributed by atoms with Crippen LogP contribution in [0, 0.1) is 0 Å². The van der Waals surface area contributed by atoms with Crippen LogP contribution in [-0.4, -0.2) is 35.3 Å². The molecule has 0 bridgehead atoms. The Morgan fingerprint density at radius 1 is 1.56 bits per heavy atom. The summed E-state index contributed by atoms with van der Waals surface area (Å²) in [6, 6.07) is 0. The Labute approximate surface area is 69.3 Å². The standard InChI is InChI=1S/C6H13ClS2/c1-9(2)6-5-8-4-3-7/h1,3-6H2,2H3. The van der Waals surface area contributed by atoms with Crippen LogP contribution in [0.15, 0.2) is 0 Å². The second-order valence-electron chi connectivity index (χ2n) is 1.79. The van der Waals surface area contributed by atoms with E-state index in [0.29, 0.717) is 10.5 Å². The highest BCUT2D eigenvalue weighted by molar-refractivity contribution is 8.14. The summed E-state index contributed by atoms with van der Waals surface area (Å²) in [6.07, 6.45) is 2.17. The van der Waals surface area contributed by atoms with Crippen molar-refractivity contribution in [3.63, 3.8) is 0 Å². The fraction of sp³-hybridized carbons (Fsp3) is 0.833. The zero-order valence-electron chi connectivity index (χ0n) is 5.73. The minimum absolute atomic E-state index is 0.367. The highest BCUT2D eigenvalue weighted by atomic mass is 35.5. The molecule has 3 heteroatoms. The van der Waals surface area contributed by atoms with Gasteiger partial charge in [-0.25, -0.2) is 0 Å². The van der Waals surface area contributed by atoms with Crippen LogP contribution >= 0.6 is 33.8 Å². The number of halogens is 1. The van der Waals surface area contributed by atoms with Crippen molar-refractivity contribution < 1.29 is 0 Å². The number of rotatable bonds is 5. The van der Waals surface area contributed by atoms with E-state index < -0.39 is 0 Å². The first-order valence-corrected chi connectivity index (χ1v) is 6.49. The molecular weight excluding hydrogens is 172 g/mol. The summed E-state index contributed by atoms with van der Waals surface area (Å²) in [6.45, 7) is 0. The van der Waals surface area contributed by atoms with Crippen LogP contribution in [0.1, 0.15) is 0 Å². The van der Waals surface area contributed by atoms with Gasteiger partial charge < -0.3 is 0 Å². The Hall–Kier alpha value is 0.860. The molecule has 1 unspecified atom stereocenters. The molecule has 0 radical (unpaired) electrons. The number of hydrogen-bond donors (Lipinski definition) is 0. The van der Waals surface area contributed by atoms with Crippen molar-refractivity contribution >= 4 is 39.7 Å². The van der Waals surface area contributed by atoms with Crippen LogP contribution in [-0.2, 0) is 0 Å². The van der Waals surface area contributed by atoms with Gasteiger partial charge in [0.05, 0.1) is 0 Å². The molecule has 0 N–H and O–H groups in total. The van der Waals surface area contributed by atoms with Gasteiger partial charge in [0, 0.05) is 17.4 Å². The van der Waals surface area contributed by atoms with E-state index in [1.165, 1.54) is 11.5 Å². The molecule has 0 aliphatic carbocycles. The molecule has 56 valence electrons. The van der Waals surface area contributed by atoms with Gasteiger partial charge in [-0.15, -0.1) is 11.6 Å². The van der Waals surface area contributed by atoms with Crippen LogP contribution in [0.25, 0.3) is 0 Å². The smallest absolute Gasteiger partial charge is 0.0314 e. The van der Waals surface area contributed by atoms with Gasteiger partial charge in [0.2, 0.25) is 0 Å². The van der Waals surface area contributed by atoms with Crippen LogP contribution in [0.5, 0.6) is 0 Å². The van der Waals surface area contributed by atoms with Gasteiger partial charge in [0.15, 0.2) is 0 Å². The quantitative estimate of drug-likeness (QED) is 0.359. The lowest BCUT2D eigenvalue weighted by Crippen LogP contribution is -1.87. The molecule has 0 aromatic carbocycles. The Balaban J connectivity index is 2.83. The summed E-state index contributed by atoms with van der Waals surface area (Å²) < 4.78 is 0. The lowest BCUT2D eigenvalue weighted by atomic mass is 10.9. The van der Waals surface area contributed by atoms with Gasteiger partial charge in [-0.2, -0.15) is 22.2 Å². The predicted molar refractivity (Wildman–Crippen MR) is 53.5 cm³/mol. The van der Waals surface area contributed by atoms with E-state index in [2.05, 4.69) is 12.1 Å². The number of thioether (sulfide) groups is 1. The lowest BCUT2D eigenvalue weighted by molar-refractivity contribution is 1.48. The summed E-state index contributed by atoms with van der Waals surface area (Å²) >= 11 is 7.40. The maximum absolute atomic E-state index is 5.48. The third-order valence-corrected chi connectivity index (χ3v) is 3.36. The van der Waals surface area contributed by atoms with Crippen LogP contribution in [0.4, 0.5) is 0 Å². The Morgan fingerprint density at radius 3 is 2.67 bits per heavy atom. The molecule has 0 rings (SSSR count). The molecule has 0 amide bonds. The summed E-state index contributed by atoms with van der Waals surface area (Å²) in [5, 5.41) is 0.